The molecule has 0 saturated heterocycles. The zero-order chi connectivity index (χ0) is 28.9. The molecule has 0 saturated carbocycles. The van der Waals surface area contributed by atoms with Gasteiger partial charge >= 0.3 is 0 Å². The summed E-state index contributed by atoms with van der Waals surface area (Å²) < 4.78 is 23.5. The number of amides is 1. The molecule has 3 aromatic carbocycles. The summed E-state index contributed by atoms with van der Waals surface area (Å²) in [6, 6.07) is 18.5. The average molecular weight is 573 g/mol. The molecule has 1 amide bonds. The van der Waals surface area contributed by atoms with Crippen molar-refractivity contribution in [2.24, 2.45) is 0 Å². The Kier molecular flexibility index (Phi) is 8.40. The summed E-state index contributed by atoms with van der Waals surface area (Å²) >= 11 is 6.47. The fraction of sp³-hybridized carbons (Fsp3) is 0.219. The Labute approximate surface area is 243 Å². The second-order valence-electron chi connectivity index (χ2n) is 9.71. The molecule has 0 radical (unpaired) electrons. The lowest BCUT2D eigenvalue weighted by molar-refractivity contribution is 0.0821. The molecule has 1 aliphatic rings. The van der Waals surface area contributed by atoms with E-state index >= 15 is 0 Å². The van der Waals surface area contributed by atoms with Gasteiger partial charge in [-0.3, -0.25) is 14.6 Å². The summed E-state index contributed by atoms with van der Waals surface area (Å²) in [5.41, 5.74) is 5.43. The highest BCUT2D eigenvalue weighted by molar-refractivity contribution is 6.32. The maximum atomic E-state index is 12.3. The lowest BCUT2D eigenvalue weighted by Gasteiger charge is -2.20. The quantitative estimate of drug-likeness (QED) is 0.222. The molecule has 0 spiro atoms. The minimum absolute atomic E-state index is 0.120. The van der Waals surface area contributed by atoms with E-state index in [1.165, 1.54) is 11.0 Å². The van der Waals surface area contributed by atoms with Gasteiger partial charge in [0.25, 0.3) is 5.91 Å². The van der Waals surface area contributed by atoms with Gasteiger partial charge in [0.1, 0.15) is 43.6 Å². The molecule has 210 valence electrons. The van der Waals surface area contributed by atoms with E-state index in [1.54, 1.807) is 38.5 Å². The van der Waals surface area contributed by atoms with Crippen molar-refractivity contribution in [2.45, 2.75) is 20.1 Å². The molecular weight excluding hydrogens is 544 g/mol. The highest BCUT2D eigenvalue weighted by atomic mass is 35.5. The molecule has 0 aliphatic carbocycles. The Morgan fingerprint density at radius 2 is 1.76 bits per heavy atom. The highest BCUT2D eigenvalue weighted by Crippen LogP contribution is 2.37. The van der Waals surface area contributed by atoms with Crippen LogP contribution in [0, 0.1) is 6.92 Å². The van der Waals surface area contributed by atoms with Gasteiger partial charge in [0.15, 0.2) is 17.8 Å². The van der Waals surface area contributed by atoms with Crippen molar-refractivity contribution in [3.8, 4) is 34.1 Å². The Morgan fingerprint density at radius 3 is 2.54 bits per heavy atom. The van der Waals surface area contributed by atoms with E-state index in [-0.39, 0.29) is 24.7 Å². The van der Waals surface area contributed by atoms with Crippen LogP contribution in [0.5, 0.6) is 23.0 Å². The summed E-state index contributed by atoms with van der Waals surface area (Å²) in [4.78, 5) is 29.6. The summed E-state index contributed by atoms with van der Waals surface area (Å²) in [5.74, 6) is 1.97. The zero-order valence-corrected chi connectivity index (χ0v) is 23.7. The number of aldehydes is 1. The zero-order valence-electron chi connectivity index (χ0n) is 23.0. The van der Waals surface area contributed by atoms with Gasteiger partial charge in [-0.05, 0) is 65.1 Å². The minimum Gasteiger partial charge on any atom is -0.488 e. The Balaban J connectivity index is 1.33. The van der Waals surface area contributed by atoms with Crippen LogP contribution in [0.15, 0.2) is 66.9 Å². The van der Waals surface area contributed by atoms with Crippen LogP contribution in [0.25, 0.3) is 11.1 Å². The molecular formula is C32H29ClN2O6. The second-order valence-corrected chi connectivity index (χ2v) is 10.1. The molecule has 41 heavy (non-hydrogen) atoms. The molecule has 1 aliphatic heterocycles. The third-order valence-electron chi connectivity index (χ3n) is 6.72. The van der Waals surface area contributed by atoms with Crippen molar-refractivity contribution >= 4 is 23.8 Å². The first-order chi connectivity index (χ1) is 19.8. The number of hydrogen-bond donors (Lipinski definition) is 0. The van der Waals surface area contributed by atoms with Crippen LogP contribution in [-0.4, -0.2) is 49.4 Å². The van der Waals surface area contributed by atoms with Crippen LogP contribution in [0.4, 0.5) is 0 Å². The van der Waals surface area contributed by atoms with Gasteiger partial charge < -0.3 is 23.8 Å². The Morgan fingerprint density at radius 1 is 0.976 bits per heavy atom. The summed E-state index contributed by atoms with van der Waals surface area (Å²) in [7, 11) is 3.32. The van der Waals surface area contributed by atoms with Crippen molar-refractivity contribution in [3.63, 3.8) is 0 Å². The molecule has 1 aromatic heterocycles. The Bertz CT molecular complexity index is 1600. The SMILES string of the molecule is Cc1c(COc2cc(OCc3ccnc(C(=O)N(C)C)c3)c(C=O)cc2Cl)cccc1-c1ccc2c(c1)OCCO2. The molecule has 4 aromatic rings. The van der Waals surface area contributed by atoms with E-state index in [1.807, 2.05) is 37.3 Å². The van der Waals surface area contributed by atoms with Gasteiger partial charge in [0.05, 0.1) is 10.6 Å². The smallest absolute Gasteiger partial charge is 0.271 e. The lowest BCUT2D eigenvalue weighted by Crippen LogP contribution is -2.22. The van der Waals surface area contributed by atoms with E-state index in [0.717, 1.165) is 39.3 Å². The van der Waals surface area contributed by atoms with Crippen LogP contribution in [0.1, 0.15) is 37.5 Å². The first-order valence-corrected chi connectivity index (χ1v) is 13.4. The molecule has 5 rings (SSSR count). The number of carbonyl (C=O) groups excluding carboxylic acids is 2. The number of rotatable bonds is 9. The molecule has 0 bridgehead atoms. The van der Waals surface area contributed by atoms with Gasteiger partial charge in [-0.15, -0.1) is 0 Å². The standard InChI is InChI=1S/C32H29ClN2O6/c1-20-23(5-4-6-25(20)22-7-8-28-31(15-22)39-12-11-38-28)19-41-30-16-29(24(17-36)14-26(30)33)40-18-21-9-10-34-27(13-21)32(37)35(2)3/h4-10,13-17H,11-12,18-19H2,1-3H3. The van der Waals surface area contributed by atoms with E-state index < -0.39 is 0 Å². The third-order valence-corrected chi connectivity index (χ3v) is 7.01. The van der Waals surface area contributed by atoms with E-state index in [2.05, 4.69) is 11.1 Å². The fourth-order valence-corrected chi connectivity index (χ4v) is 4.69. The van der Waals surface area contributed by atoms with Gasteiger partial charge in [0, 0.05) is 26.4 Å². The van der Waals surface area contributed by atoms with E-state index in [4.69, 9.17) is 30.5 Å². The number of benzene rings is 3. The number of fused-ring (bicyclic) bond motifs is 1. The lowest BCUT2D eigenvalue weighted by atomic mass is 9.96. The highest BCUT2D eigenvalue weighted by Gasteiger charge is 2.16. The number of pyridine rings is 1. The number of hydrogen-bond acceptors (Lipinski definition) is 7. The second kappa shape index (κ2) is 12.3. The van der Waals surface area contributed by atoms with E-state index in [0.29, 0.717) is 41.7 Å². The van der Waals surface area contributed by atoms with Crippen LogP contribution in [0.3, 0.4) is 0 Å². The molecule has 9 heteroatoms. The van der Waals surface area contributed by atoms with Crippen LogP contribution < -0.4 is 18.9 Å². The number of ether oxygens (including phenoxy) is 4. The van der Waals surface area contributed by atoms with Crippen LogP contribution in [0.2, 0.25) is 5.02 Å². The number of aromatic nitrogens is 1. The molecule has 8 nitrogen and oxygen atoms in total. The Hall–Kier alpha value is -4.56. The molecule has 0 unspecified atom stereocenters. The molecule has 2 heterocycles. The largest absolute Gasteiger partial charge is 0.488 e. The summed E-state index contributed by atoms with van der Waals surface area (Å²) in [6.45, 7) is 3.49. The van der Waals surface area contributed by atoms with Crippen molar-refractivity contribution in [3.05, 3.63) is 99.8 Å². The first-order valence-electron chi connectivity index (χ1n) is 13.0. The van der Waals surface area contributed by atoms with Gasteiger partial charge in [-0.1, -0.05) is 35.9 Å². The molecule has 0 atom stereocenters. The van der Waals surface area contributed by atoms with Gasteiger partial charge in [-0.2, -0.15) is 0 Å². The van der Waals surface area contributed by atoms with Gasteiger partial charge in [0.2, 0.25) is 0 Å². The van der Waals surface area contributed by atoms with Crippen molar-refractivity contribution in [1.29, 1.82) is 0 Å². The van der Waals surface area contributed by atoms with Crippen molar-refractivity contribution in [2.75, 3.05) is 27.3 Å². The average Bonchev–Trinajstić information content (AvgIpc) is 2.99. The number of carbonyl (C=O) groups is 2. The van der Waals surface area contributed by atoms with Crippen molar-refractivity contribution < 1.29 is 28.5 Å². The summed E-state index contributed by atoms with van der Waals surface area (Å²) in [6.07, 6.45) is 2.23. The number of halogens is 1. The monoisotopic (exact) mass is 572 g/mol. The molecule has 0 N–H and O–H groups in total. The molecule has 0 fully saturated rings. The normalized spacial score (nSPS) is 12.0. The van der Waals surface area contributed by atoms with E-state index in [9.17, 15) is 9.59 Å². The maximum Gasteiger partial charge on any atom is 0.271 e. The fourth-order valence-electron chi connectivity index (χ4n) is 4.47. The predicted molar refractivity (Wildman–Crippen MR) is 155 cm³/mol. The maximum absolute atomic E-state index is 12.3. The first kappa shape index (κ1) is 28.0. The van der Waals surface area contributed by atoms with Crippen LogP contribution in [-0.2, 0) is 13.2 Å². The van der Waals surface area contributed by atoms with Crippen molar-refractivity contribution in [1.82, 2.24) is 9.88 Å². The third kappa shape index (κ3) is 6.28. The summed E-state index contributed by atoms with van der Waals surface area (Å²) in [5, 5.41) is 0.294. The topological polar surface area (TPSA) is 87.2 Å². The van der Waals surface area contributed by atoms with Crippen LogP contribution >= 0.6 is 11.6 Å². The minimum atomic E-state index is -0.212. The predicted octanol–water partition coefficient (Wildman–Crippen LogP) is 6.15. The van der Waals surface area contributed by atoms with Gasteiger partial charge in [-0.25, -0.2) is 0 Å². The number of nitrogens with zero attached hydrogens (tertiary/aromatic N) is 2.